The van der Waals surface area contributed by atoms with E-state index in [4.69, 9.17) is 11.6 Å². The van der Waals surface area contributed by atoms with E-state index in [-0.39, 0.29) is 5.54 Å². The zero-order valence-corrected chi connectivity index (χ0v) is 13.4. The van der Waals surface area contributed by atoms with E-state index in [9.17, 15) is 0 Å². The van der Waals surface area contributed by atoms with Crippen molar-refractivity contribution in [2.75, 3.05) is 5.32 Å². The van der Waals surface area contributed by atoms with Gasteiger partial charge < -0.3 is 5.32 Å². The minimum Gasteiger partial charge on any atom is -0.356 e. The van der Waals surface area contributed by atoms with Crippen LogP contribution in [0.3, 0.4) is 0 Å². The standard InChI is InChI=1S/C12H13BrClN3S/c1-12(2,3)16-11-15-10(17-18-11)7-4-5-9(14)8(13)6-7/h4-6H,1-3H3,(H,15,16,17). The highest BCUT2D eigenvalue weighted by Gasteiger charge is 2.14. The monoisotopic (exact) mass is 345 g/mol. The van der Waals surface area contributed by atoms with Crippen molar-refractivity contribution in [2.45, 2.75) is 26.3 Å². The Morgan fingerprint density at radius 1 is 1.33 bits per heavy atom. The first kappa shape index (κ1) is 13.8. The number of halogens is 2. The van der Waals surface area contributed by atoms with Crippen molar-refractivity contribution in [1.82, 2.24) is 9.36 Å². The molecular formula is C12H13BrClN3S. The van der Waals surface area contributed by atoms with Crippen LogP contribution in [0.2, 0.25) is 5.02 Å². The molecule has 0 radical (unpaired) electrons. The summed E-state index contributed by atoms with van der Waals surface area (Å²) in [6, 6.07) is 5.67. The van der Waals surface area contributed by atoms with E-state index in [0.29, 0.717) is 10.8 Å². The molecule has 0 atom stereocenters. The van der Waals surface area contributed by atoms with Crippen LogP contribution in [-0.2, 0) is 0 Å². The maximum Gasteiger partial charge on any atom is 0.203 e. The maximum atomic E-state index is 5.96. The zero-order chi connectivity index (χ0) is 13.3. The summed E-state index contributed by atoms with van der Waals surface area (Å²) in [5, 5.41) is 4.81. The van der Waals surface area contributed by atoms with E-state index >= 15 is 0 Å². The van der Waals surface area contributed by atoms with Gasteiger partial charge in [0.15, 0.2) is 5.82 Å². The fourth-order valence-electron chi connectivity index (χ4n) is 1.35. The van der Waals surface area contributed by atoms with Crippen LogP contribution in [-0.4, -0.2) is 14.9 Å². The van der Waals surface area contributed by atoms with Gasteiger partial charge in [-0.2, -0.15) is 9.36 Å². The van der Waals surface area contributed by atoms with Crippen molar-refractivity contribution in [1.29, 1.82) is 0 Å². The first-order valence-corrected chi connectivity index (χ1v) is 7.37. The smallest absolute Gasteiger partial charge is 0.203 e. The van der Waals surface area contributed by atoms with Gasteiger partial charge in [0, 0.05) is 27.1 Å². The van der Waals surface area contributed by atoms with Crippen molar-refractivity contribution in [2.24, 2.45) is 0 Å². The van der Waals surface area contributed by atoms with Crippen molar-refractivity contribution in [3.05, 3.63) is 27.7 Å². The quantitative estimate of drug-likeness (QED) is 0.846. The number of benzene rings is 1. The van der Waals surface area contributed by atoms with Crippen LogP contribution < -0.4 is 5.32 Å². The average Bonchev–Trinajstić information content (AvgIpc) is 2.68. The minimum atomic E-state index is -0.0165. The Morgan fingerprint density at radius 3 is 2.67 bits per heavy atom. The molecule has 96 valence electrons. The molecule has 1 aromatic heterocycles. The van der Waals surface area contributed by atoms with Crippen molar-refractivity contribution in [3.8, 4) is 11.4 Å². The highest BCUT2D eigenvalue weighted by Crippen LogP contribution is 2.29. The summed E-state index contributed by atoms with van der Waals surface area (Å²) in [6.07, 6.45) is 0. The number of anilines is 1. The molecule has 0 fully saturated rings. The molecule has 1 aromatic carbocycles. The van der Waals surface area contributed by atoms with Gasteiger partial charge in [-0.1, -0.05) is 11.6 Å². The lowest BCUT2D eigenvalue weighted by atomic mass is 10.1. The van der Waals surface area contributed by atoms with Gasteiger partial charge in [-0.25, -0.2) is 0 Å². The molecule has 2 rings (SSSR count). The SMILES string of the molecule is CC(C)(C)Nc1nc(-c2ccc(Cl)c(Br)c2)ns1. The molecule has 1 heterocycles. The summed E-state index contributed by atoms with van der Waals surface area (Å²) in [5.74, 6) is 0.712. The van der Waals surface area contributed by atoms with Gasteiger partial charge >= 0.3 is 0 Å². The Balaban J connectivity index is 2.26. The molecule has 0 saturated carbocycles. The van der Waals surface area contributed by atoms with E-state index in [1.807, 2.05) is 18.2 Å². The van der Waals surface area contributed by atoms with E-state index in [1.165, 1.54) is 11.5 Å². The highest BCUT2D eigenvalue weighted by atomic mass is 79.9. The fourth-order valence-corrected chi connectivity index (χ4v) is 2.64. The van der Waals surface area contributed by atoms with Gasteiger partial charge in [0.1, 0.15) is 0 Å². The zero-order valence-electron chi connectivity index (χ0n) is 10.3. The van der Waals surface area contributed by atoms with E-state index < -0.39 is 0 Å². The lowest BCUT2D eigenvalue weighted by Crippen LogP contribution is -2.25. The normalized spacial score (nSPS) is 11.6. The second-order valence-corrected chi connectivity index (χ2v) is 6.94. The number of rotatable bonds is 2. The Morgan fingerprint density at radius 2 is 2.06 bits per heavy atom. The first-order valence-electron chi connectivity index (χ1n) is 5.42. The Hall–Kier alpha value is -0.650. The Labute approximate surface area is 124 Å². The molecule has 0 aliphatic carbocycles. The van der Waals surface area contributed by atoms with Gasteiger partial charge in [0.2, 0.25) is 5.13 Å². The van der Waals surface area contributed by atoms with Crippen molar-refractivity contribution >= 4 is 44.2 Å². The number of hydrogen-bond donors (Lipinski definition) is 1. The molecular weight excluding hydrogens is 334 g/mol. The van der Waals surface area contributed by atoms with Crippen LogP contribution in [0, 0.1) is 0 Å². The summed E-state index contributed by atoms with van der Waals surface area (Å²) < 4.78 is 5.19. The number of hydrogen-bond acceptors (Lipinski definition) is 4. The van der Waals surface area contributed by atoms with E-state index in [2.05, 4.69) is 51.4 Å². The largest absolute Gasteiger partial charge is 0.356 e. The van der Waals surface area contributed by atoms with Crippen molar-refractivity contribution < 1.29 is 0 Å². The molecule has 18 heavy (non-hydrogen) atoms. The average molecular weight is 347 g/mol. The lowest BCUT2D eigenvalue weighted by Gasteiger charge is -2.18. The van der Waals surface area contributed by atoms with Crippen LogP contribution in [0.15, 0.2) is 22.7 Å². The van der Waals surface area contributed by atoms with Crippen LogP contribution in [0.5, 0.6) is 0 Å². The second-order valence-electron chi connectivity index (χ2n) is 4.93. The van der Waals surface area contributed by atoms with Crippen molar-refractivity contribution in [3.63, 3.8) is 0 Å². The number of nitrogens with one attached hydrogen (secondary N) is 1. The minimum absolute atomic E-state index is 0.0165. The molecule has 0 amide bonds. The van der Waals surface area contributed by atoms with Crippen LogP contribution >= 0.6 is 39.1 Å². The third-order valence-corrected chi connectivity index (χ3v) is 3.93. The molecule has 1 N–H and O–H groups in total. The van der Waals surface area contributed by atoms with Gasteiger partial charge in [0.05, 0.1) is 5.02 Å². The van der Waals surface area contributed by atoms with E-state index in [0.717, 1.165) is 15.2 Å². The topological polar surface area (TPSA) is 37.8 Å². The molecule has 0 bridgehead atoms. The summed E-state index contributed by atoms with van der Waals surface area (Å²) in [6.45, 7) is 6.27. The summed E-state index contributed by atoms with van der Waals surface area (Å²) in [7, 11) is 0. The molecule has 0 saturated heterocycles. The fraction of sp³-hybridized carbons (Fsp3) is 0.333. The van der Waals surface area contributed by atoms with Gasteiger partial charge in [0.25, 0.3) is 0 Å². The van der Waals surface area contributed by atoms with Crippen LogP contribution in [0.4, 0.5) is 5.13 Å². The molecule has 3 nitrogen and oxygen atoms in total. The summed E-state index contributed by atoms with van der Waals surface area (Å²) in [5.41, 5.74) is 0.932. The summed E-state index contributed by atoms with van der Waals surface area (Å²) in [4.78, 5) is 4.47. The molecule has 2 aromatic rings. The predicted octanol–water partition coefficient (Wildman–Crippen LogP) is 4.83. The molecule has 0 aliphatic heterocycles. The first-order chi connectivity index (χ1) is 8.35. The van der Waals surface area contributed by atoms with E-state index in [1.54, 1.807) is 0 Å². The summed E-state index contributed by atoms with van der Waals surface area (Å²) >= 11 is 10.7. The number of aromatic nitrogens is 2. The highest BCUT2D eigenvalue weighted by molar-refractivity contribution is 9.10. The Bertz CT molecular complexity index is 563. The number of nitrogens with zero attached hydrogens (tertiary/aromatic N) is 2. The Kier molecular flexibility index (Phi) is 3.94. The van der Waals surface area contributed by atoms with Gasteiger partial charge in [-0.15, -0.1) is 0 Å². The molecule has 0 spiro atoms. The van der Waals surface area contributed by atoms with Gasteiger partial charge in [-0.05, 0) is 54.9 Å². The lowest BCUT2D eigenvalue weighted by molar-refractivity contribution is 0.633. The maximum absolute atomic E-state index is 5.96. The van der Waals surface area contributed by atoms with Gasteiger partial charge in [-0.3, -0.25) is 0 Å². The second kappa shape index (κ2) is 5.15. The predicted molar refractivity (Wildman–Crippen MR) is 81.4 cm³/mol. The van der Waals surface area contributed by atoms with Crippen LogP contribution in [0.1, 0.15) is 20.8 Å². The molecule has 0 unspecified atom stereocenters. The molecule has 6 heteroatoms. The molecule has 0 aliphatic rings. The third kappa shape index (κ3) is 3.43. The third-order valence-electron chi connectivity index (χ3n) is 2.09. The van der Waals surface area contributed by atoms with Crippen LogP contribution in [0.25, 0.3) is 11.4 Å².